The van der Waals surface area contributed by atoms with E-state index in [4.69, 9.17) is 5.26 Å². The first-order valence-electron chi connectivity index (χ1n) is 12.8. The zero-order valence-corrected chi connectivity index (χ0v) is 19.5. The summed E-state index contributed by atoms with van der Waals surface area (Å²) in [7, 11) is 0. The van der Waals surface area contributed by atoms with E-state index in [1.165, 1.54) is 76.1 Å². The van der Waals surface area contributed by atoms with Crippen LogP contribution in [0.4, 0.5) is 0 Å². The van der Waals surface area contributed by atoms with Gasteiger partial charge in [0.2, 0.25) is 0 Å². The third kappa shape index (κ3) is 6.80. The van der Waals surface area contributed by atoms with Gasteiger partial charge < -0.3 is 4.79 Å². The topological polar surface area (TPSA) is 40.9 Å². The molecule has 0 N–H and O–H groups in total. The zero-order valence-electron chi connectivity index (χ0n) is 19.5. The third-order valence-corrected chi connectivity index (χ3v) is 8.24. The van der Waals surface area contributed by atoms with Crippen molar-refractivity contribution in [1.82, 2.24) is 0 Å². The highest BCUT2D eigenvalue weighted by Gasteiger charge is 2.38. The number of rotatable bonds is 10. The molecule has 0 radical (unpaired) electrons. The summed E-state index contributed by atoms with van der Waals surface area (Å²) in [6.07, 6.45) is 21.5. The van der Waals surface area contributed by atoms with E-state index in [9.17, 15) is 4.79 Å². The molecule has 0 aliphatic heterocycles. The van der Waals surface area contributed by atoms with Gasteiger partial charge in [0.15, 0.2) is 0 Å². The van der Waals surface area contributed by atoms with Crippen LogP contribution >= 0.6 is 0 Å². The van der Waals surface area contributed by atoms with Crippen LogP contribution in [0.5, 0.6) is 0 Å². The fourth-order valence-electron chi connectivity index (χ4n) is 6.08. The molecular formula is C29H41NO. The predicted octanol–water partition coefficient (Wildman–Crippen LogP) is 7.93. The lowest BCUT2D eigenvalue weighted by molar-refractivity contribution is -0.119. The third-order valence-electron chi connectivity index (χ3n) is 8.24. The maximum absolute atomic E-state index is 11.8. The first-order chi connectivity index (χ1) is 15.2. The van der Waals surface area contributed by atoms with Crippen LogP contribution in [-0.4, -0.2) is 6.29 Å². The van der Waals surface area contributed by atoms with Crippen LogP contribution in [0.15, 0.2) is 36.4 Å². The molecule has 0 saturated heterocycles. The summed E-state index contributed by atoms with van der Waals surface area (Å²) in [5, 5.41) is 8.64. The summed E-state index contributed by atoms with van der Waals surface area (Å²) in [6, 6.07) is 11.6. The van der Waals surface area contributed by atoms with Crippen LogP contribution in [0, 0.1) is 28.6 Å². The van der Waals surface area contributed by atoms with Crippen LogP contribution in [0.25, 0.3) is 0 Å². The van der Waals surface area contributed by atoms with Gasteiger partial charge >= 0.3 is 0 Å². The number of benzene rings is 1. The van der Waals surface area contributed by atoms with Crippen molar-refractivity contribution in [2.45, 2.75) is 103 Å². The summed E-state index contributed by atoms with van der Waals surface area (Å²) in [5.74, 6) is 2.41. The van der Waals surface area contributed by atoms with Crippen molar-refractivity contribution in [3.05, 3.63) is 47.5 Å². The first-order valence-corrected chi connectivity index (χ1v) is 12.8. The normalized spacial score (nSPS) is 29.0. The van der Waals surface area contributed by atoms with Crippen molar-refractivity contribution in [3.8, 4) is 6.07 Å². The number of carbonyl (C=O) groups is 1. The zero-order chi connectivity index (χ0) is 21.9. The number of hydrogen-bond donors (Lipinski definition) is 0. The molecule has 3 rings (SSSR count). The quantitative estimate of drug-likeness (QED) is 0.219. The van der Waals surface area contributed by atoms with E-state index in [2.05, 4.69) is 31.2 Å². The number of aryl methyl sites for hydroxylation is 1. The highest BCUT2D eigenvalue weighted by atomic mass is 16.1. The number of unbranched alkanes of at least 4 members (excludes halogenated alkanes) is 2. The van der Waals surface area contributed by atoms with Crippen molar-refractivity contribution in [2.75, 3.05) is 0 Å². The summed E-state index contributed by atoms with van der Waals surface area (Å²) in [6.45, 7) is 2.27. The van der Waals surface area contributed by atoms with Gasteiger partial charge in [0, 0.05) is 11.5 Å². The molecule has 0 bridgehead atoms. The monoisotopic (exact) mass is 419 g/mol. The molecule has 0 atom stereocenters. The van der Waals surface area contributed by atoms with Crippen LogP contribution in [0.1, 0.15) is 107 Å². The summed E-state index contributed by atoms with van der Waals surface area (Å²) in [5.41, 5.74) is 2.91. The largest absolute Gasteiger partial charge is 0.303 e. The fourth-order valence-corrected chi connectivity index (χ4v) is 6.08. The van der Waals surface area contributed by atoms with E-state index in [-0.39, 0.29) is 5.41 Å². The fraction of sp³-hybridized carbons (Fsp3) is 0.655. The molecule has 2 heteroatoms. The Bertz CT molecular complexity index is 725. The molecule has 0 spiro atoms. The second-order valence-corrected chi connectivity index (χ2v) is 10.2. The van der Waals surface area contributed by atoms with Gasteiger partial charge in [0.25, 0.3) is 0 Å². The van der Waals surface area contributed by atoms with Crippen molar-refractivity contribution >= 4 is 6.29 Å². The smallest absolute Gasteiger partial charge is 0.126 e. The van der Waals surface area contributed by atoms with Crippen LogP contribution in [0.2, 0.25) is 0 Å². The van der Waals surface area contributed by atoms with E-state index in [1.807, 2.05) is 12.1 Å². The van der Waals surface area contributed by atoms with E-state index < -0.39 is 0 Å². The molecule has 2 nitrogen and oxygen atoms in total. The maximum atomic E-state index is 11.8. The Morgan fingerprint density at radius 3 is 2.29 bits per heavy atom. The number of nitriles is 1. The molecule has 2 aliphatic rings. The highest BCUT2D eigenvalue weighted by Crippen LogP contribution is 2.48. The van der Waals surface area contributed by atoms with Gasteiger partial charge in [-0.2, -0.15) is 5.26 Å². The highest BCUT2D eigenvalue weighted by molar-refractivity contribution is 5.59. The minimum Gasteiger partial charge on any atom is -0.303 e. The predicted molar refractivity (Wildman–Crippen MR) is 129 cm³/mol. The minimum atomic E-state index is -0.133. The van der Waals surface area contributed by atoms with Gasteiger partial charge in [0.1, 0.15) is 6.29 Å². The summed E-state index contributed by atoms with van der Waals surface area (Å²) >= 11 is 0. The number of carbonyl (C=O) groups excluding carboxylic acids is 1. The second kappa shape index (κ2) is 12.2. The Morgan fingerprint density at radius 1 is 1.00 bits per heavy atom. The van der Waals surface area contributed by atoms with Crippen LogP contribution in [0.3, 0.4) is 0 Å². The Morgan fingerprint density at radius 2 is 1.68 bits per heavy atom. The molecule has 1 aromatic rings. The second-order valence-electron chi connectivity index (χ2n) is 10.2. The Balaban J connectivity index is 1.43. The van der Waals surface area contributed by atoms with Gasteiger partial charge in [-0.1, -0.05) is 50.1 Å². The number of aldehydes is 1. The first kappa shape index (κ1) is 23.8. The molecule has 0 unspecified atom stereocenters. The number of allylic oxidation sites excluding steroid dienone is 2. The molecule has 2 aliphatic carbocycles. The van der Waals surface area contributed by atoms with Crippen LogP contribution < -0.4 is 0 Å². The van der Waals surface area contributed by atoms with Gasteiger partial charge in [-0.05, 0) is 106 Å². The lowest BCUT2D eigenvalue weighted by atomic mass is 9.63. The molecule has 0 amide bonds. The van der Waals surface area contributed by atoms with Crippen molar-refractivity contribution < 1.29 is 4.79 Å². The maximum Gasteiger partial charge on any atom is 0.126 e. The van der Waals surface area contributed by atoms with Crippen LogP contribution in [-0.2, 0) is 11.2 Å². The van der Waals surface area contributed by atoms with E-state index in [0.29, 0.717) is 0 Å². The molecule has 168 valence electrons. The van der Waals surface area contributed by atoms with Gasteiger partial charge in [0.05, 0.1) is 6.07 Å². The van der Waals surface area contributed by atoms with Gasteiger partial charge in [-0.3, -0.25) is 0 Å². The molecule has 0 aromatic heterocycles. The molecule has 2 fully saturated rings. The molecular weight excluding hydrogens is 378 g/mol. The van der Waals surface area contributed by atoms with Crippen molar-refractivity contribution in [2.24, 2.45) is 17.3 Å². The summed E-state index contributed by atoms with van der Waals surface area (Å²) < 4.78 is 0. The molecule has 31 heavy (non-hydrogen) atoms. The Hall–Kier alpha value is -1.88. The number of hydrogen-bond acceptors (Lipinski definition) is 2. The molecule has 1 aromatic carbocycles. The average molecular weight is 420 g/mol. The average Bonchev–Trinajstić information content (AvgIpc) is 2.83. The molecule has 0 heterocycles. The SMILES string of the molecule is CCCCCc1ccc([C@H]2CC[C@H]([C@H]3CC[C@](C=O)(CCC=CC#N)CC3)CC2)cc1. The summed E-state index contributed by atoms with van der Waals surface area (Å²) in [4.78, 5) is 11.8. The van der Waals surface area contributed by atoms with Gasteiger partial charge in [-0.25, -0.2) is 0 Å². The van der Waals surface area contributed by atoms with E-state index in [0.717, 1.165) is 43.4 Å². The standard InChI is InChI=1S/C29H41NO/c1-2-3-5-8-24-9-11-25(12-10-24)26-13-15-27(16-14-26)28-17-20-29(23-31,21-18-28)19-6-4-7-22-30/h4,7,9-12,23,26-28H,2-3,5-6,8,13-21H2,1H3/t26-,27-,28-,29+. The number of nitrogens with zero attached hydrogens (tertiary/aromatic N) is 1. The minimum absolute atomic E-state index is 0.133. The Kier molecular flexibility index (Phi) is 9.38. The molecule has 2 saturated carbocycles. The van der Waals surface area contributed by atoms with E-state index >= 15 is 0 Å². The van der Waals surface area contributed by atoms with E-state index in [1.54, 1.807) is 11.6 Å². The lowest BCUT2D eigenvalue weighted by Crippen LogP contribution is -2.32. The van der Waals surface area contributed by atoms with Crippen molar-refractivity contribution in [1.29, 1.82) is 5.26 Å². The Labute approximate surface area is 190 Å². The van der Waals surface area contributed by atoms with Gasteiger partial charge in [-0.15, -0.1) is 0 Å². The van der Waals surface area contributed by atoms with Crippen molar-refractivity contribution in [3.63, 3.8) is 0 Å². The lowest BCUT2D eigenvalue weighted by Gasteiger charge is -2.41.